The Labute approximate surface area is 119 Å². The largest absolute Gasteiger partial charge is 0.354 e. The third kappa shape index (κ3) is 3.98. The average molecular weight is 294 g/mol. The summed E-state index contributed by atoms with van der Waals surface area (Å²) in [4.78, 5) is 11.4. The van der Waals surface area contributed by atoms with Gasteiger partial charge in [-0.15, -0.1) is 0 Å². The van der Waals surface area contributed by atoms with E-state index in [2.05, 4.69) is 10.6 Å². The predicted octanol–water partition coefficient (Wildman–Crippen LogP) is 4.20. The van der Waals surface area contributed by atoms with Crippen LogP contribution in [0, 0.1) is 17.5 Å². The van der Waals surface area contributed by atoms with Crippen LogP contribution in [-0.2, 0) is 4.79 Å². The van der Waals surface area contributed by atoms with E-state index in [4.69, 9.17) is 0 Å². The van der Waals surface area contributed by atoms with Crippen LogP contribution >= 0.6 is 0 Å². The molecule has 0 saturated carbocycles. The summed E-state index contributed by atoms with van der Waals surface area (Å²) in [6, 6.07) is 6.56. The molecule has 0 radical (unpaired) electrons. The summed E-state index contributed by atoms with van der Waals surface area (Å²) in [6.45, 7) is 1.67. The van der Waals surface area contributed by atoms with Gasteiger partial charge in [0.2, 0.25) is 5.91 Å². The van der Waals surface area contributed by atoms with Gasteiger partial charge in [-0.2, -0.15) is 0 Å². The monoisotopic (exact) mass is 294 g/mol. The first-order chi connectivity index (χ1) is 9.97. The van der Waals surface area contributed by atoms with Gasteiger partial charge in [-0.25, -0.2) is 13.2 Å². The SMILES string of the molecule is CCC(=O)Nc1ccc(F)cc1Nc1cc(F)cc(F)c1. The minimum Gasteiger partial charge on any atom is -0.354 e. The zero-order valence-electron chi connectivity index (χ0n) is 11.2. The van der Waals surface area contributed by atoms with Crippen LogP contribution in [0.15, 0.2) is 36.4 Å². The van der Waals surface area contributed by atoms with Crippen molar-refractivity contribution in [2.75, 3.05) is 10.6 Å². The Kier molecular flexibility index (Phi) is 4.47. The van der Waals surface area contributed by atoms with E-state index >= 15 is 0 Å². The fourth-order valence-electron chi connectivity index (χ4n) is 1.75. The molecule has 2 aromatic rings. The van der Waals surface area contributed by atoms with Crippen molar-refractivity contribution in [3.8, 4) is 0 Å². The number of amides is 1. The number of hydrogen-bond donors (Lipinski definition) is 2. The molecule has 0 aliphatic heterocycles. The highest BCUT2D eigenvalue weighted by atomic mass is 19.1. The Morgan fingerprint density at radius 1 is 0.952 bits per heavy atom. The van der Waals surface area contributed by atoms with Crippen molar-refractivity contribution in [3.63, 3.8) is 0 Å². The first-order valence-corrected chi connectivity index (χ1v) is 6.30. The molecule has 2 N–H and O–H groups in total. The Bertz CT molecular complexity index is 654. The van der Waals surface area contributed by atoms with Gasteiger partial charge in [-0.3, -0.25) is 4.79 Å². The fraction of sp³-hybridized carbons (Fsp3) is 0.133. The van der Waals surface area contributed by atoms with Gasteiger partial charge in [0.15, 0.2) is 0 Å². The minimum absolute atomic E-state index is 0.116. The number of hydrogen-bond acceptors (Lipinski definition) is 2. The maximum absolute atomic E-state index is 13.3. The number of carbonyl (C=O) groups excluding carboxylic acids is 1. The molecule has 0 bridgehead atoms. The summed E-state index contributed by atoms with van der Waals surface area (Å²) in [7, 11) is 0. The van der Waals surface area contributed by atoms with Gasteiger partial charge in [-0.05, 0) is 30.3 Å². The van der Waals surface area contributed by atoms with E-state index in [0.717, 1.165) is 24.3 Å². The lowest BCUT2D eigenvalue weighted by Gasteiger charge is -2.13. The van der Waals surface area contributed by atoms with E-state index in [1.54, 1.807) is 6.92 Å². The lowest BCUT2D eigenvalue weighted by molar-refractivity contribution is -0.115. The van der Waals surface area contributed by atoms with Crippen molar-refractivity contribution in [3.05, 3.63) is 53.8 Å². The molecule has 21 heavy (non-hydrogen) atoms. The Hall–Kier alpha value is -2.50. The van der Waals surface area contributed by atoms with Gasteiger partial charge in [0.1, 0.15) is 17.5 Å². The van der Waals surface area contributed by atoms with Gasteiger partial charge in [0.05, 0.1) is 11.4 Å². The molecule has 0 unspecified atom stereocenters. The molecule has 0 atom stereocenters. The minimum atomic E-state index is -0.756. The summed E-state index contributed by atoms with van der Waals surface area (Å²) in [5.41, 5.74) is 0.653. The fourth-order valence-corrected chi connectivity index (χ4v) is 1.75. The average Bonchev–Trinajstić information content (AvgIpc) is 2.40. The van der Waals surface area contributed by atoms with Gasteiger partial charge < -0.3 is 10.6 Å². The number of anilines is 3. The highest BCUT2D eigenvalue weighted by Crippen LogP contribution is 2.27. The Morgan fingerprint density at radius 2 is 1.62 bits per heavy atom. The van der Waals surface area contributed by atoms with E-state index in [0.29, 0.717) is 5.69 Å². The summed E-state index contributed by atoms with van der Waals surface area (Å²) in [5, 5.41) is 5.27. The van der Waals surface area contributed by atoms with Crippen LogP contribution in [0.5, 0.6) is 0 Å². The lowest BCUT2D eigenvalue weighted by atomic mass is 10.2. The van der Waals surface area contributed by atoms with Gasteiger partial charge in [0, 0.05) is 18.2 Å². The molecule has 3 nitrogen and oxygen atoms in total. The molecule has 0 aromatic heterocycles. The molecule has 110 valence electrons. The molecule has 0 heterocycles. The molecule has 0 aliphatic rings. The van der Waals surface area contributed by atoms with Crippen LogP contribution in [-0.4, -0.2) is 5.91 Å². The molecule has 0 aliphatic carbocycles. The molecule has 0 fully saturated rings. The van der Waals surface area contributed by atoms with E-state index in [1.807, 2.05) is 0 Å². The zero-order valence-corrected chi connectivity index (χ0v) is 11.2. The van der Waals surface area contributed by atoms with Gasteiger partial charge >= 0.3 is 0 Å². The van der Waals surface area contributed by atoms with Crippen molar-refractivity contribution >= 4 is 23.0 Å². The second-order valence-electron chi connectivity index (χ2n) is 4.37. The highest BCUT2D eigenvalue weighted by molar-refractivity contribution is 5.94. The summed E-state index contributed by atoms with van der Waals surface area (Å²) >= 11 is 0. The summed E-state index contributed by atoms with van der Waals surface area (Å²) in [5.74, 6) is -2.31. The number of rotatable bonds is 4. The van der Waals surface area contributed by atoms with Gasteiger partial charge in [0.25, 0.3) is 0 Å². The highest BCUT2D eigenvalue weighted by Gasteiger charge is 2.09. The van der Waals surface area contributed by atoms with E-state index < -0.39 is 17.5 Å². The molecular formula is C15H13F3N2O. The maximum Gasteiger partial charge on any atom is 0.224 e. The third-order valence-electron chi connectivity index (χ3n) is 2.72. The number of benzene rings is 2. The first kappa shape index (κ1) is 14.9. The standard InChI is InChI=1S/C15H13F3N2O/c1-2-15(21)20-13-4-3-9(16)8-14(13)19-12-6-10(17)5-11(18)7-12/h3-8,19H,2H2,1H3,(H,20,21). The van der Waals surface area contributed by atoms with Crippen LogP contribution < -0.4 is 10.6 Å². The van der Waals surface area contributed by atoms with Crippen LogP contribution in [0.2, 0.25) is 0 Å². The van der Waals surface area contributed by atoms with Crippen LogP contribution in [0.1, 0.15) is 13.3 Å². The van der Waals surface area contributed by atoms with Crippen molar-refractivity contribution in [1.29, 1.82) is 0 Å². The molecule has 6 heteroatoms. The lowest BCUT2D eigenvalue weighted by Crippen LogP contribution is -2.11. The maximum atomic E-state index is 13.3. The van der Waals surface area contributed by atoms with E-state index in [-0.39, 0.29) is 23.7 Å². The number of nitrogens with one attached hydrogen (secondary N) is 2. The smallest absolute Gasteiger partial charge is 0.224 e. The zero-order chi connectivity index (χ0) is 15.4. The first-order valence-electron chi connectivity index (χ1n) is 6.30. The van der Waals surface area contributed by atoms with Crippen molar-refractivity contribution in [2.24, 2.45) is 0 Å². The van der Waals surface area contributed by atoms with E-state index in [1.165, 1.54) is 12.1 Å². The molecule has 2 rings (SSSR count). The quantitative estimate of drug-likeness (QED) is 0.887. The van der Waals surface area contributed by atoms with E-state index in [9.17, 15) is 18.0 Å². The molecule has 0 spiro atoms. The number of halogens is 3. The summed E-state index contributed by atoms with van der Waals surface area (Å²) in [6.07, 6.45) is 0.255. The van der Waals surface area contributed by atoms with Crippen molar-refractivity contribution in [2.45, 2.75) is 13.3 Å². The van der Waals surface area contributed by atoms with Crippen LogP contribution in [0.25, 0.3) is 0 Å². The second kappa shape index (κ2) is 6.30. The van der Waals surface area contributed by atoms with Crippen LogP contribution in [0.4, 0.5) is 30.2 Å². The number of carbonyl (C=O) groups is 1. The molecule has 1 amide bonds. The Morgan fingerprint density at radius 3 is 2.24 bits per heavy atom. The van der Waals surface area contributed by atoms with Gasteiger partial charge in [-0.1, -0.05) is 6.92 Å². The van der Waals surface area contributed by atoms with Crippen molar-refractivity contribution < 1.29 is 18.0 Å². The Balaban J connectivity index is 2.33. The normalized spacial score (nSPS) is 10.3. The van der Waals surface area contributed by atoms with Crippen LogP contribution in [0.3, 0.4) is 0 Å². The second-order valence-corrected chi connectivity index (χ2v) is 4.37. The van der Waals surface area contributed by atoms with Crippen molar-refractivity contribution in [1.82, 2.24) is 0 Å². The third-order valence-corrected chi connectivity index (χ3v) is 2.72. The molecule has 0 saturated heterocycles. The predicted molar refractivity (Wildman–Crippen MR) is 75.0 cm³/mol. The topological polar surface area (TPSA) is 41.1 Å². The molecule has 2 aromatic carbocycles. The summed E-state index contributed by atoms with van der Waals surface area (Å²) < 4.78 is 39.6. The molecular weight excluding hydrogens is 281 g/mol.